The van der Waals surface area contributed by atoms with Gasteiger partial charge in [0.05, 0.1) is 11.2 Å². The van der Waals surface area contributed by atoms with Crippen molar-refractivity contribution in [3.05, 3.63) is 16.1 Å². The summed E-state index contributed by atoms with van der Waals surface area (Å²) in [7, 11) is 0. The van der Waals surface area contributed by atoms with Crippen molar-refractivity contribution >= 4 is 35.3 Å². The van der Waals surface area contributed by atoms with Crippen LogP contribution in [0, 0.1) is 6.92 Å². The summed E-state index contributed by atoms with van der Waals surface area (Å²) in [5.74, 6) is 0. The van der Waals surface area contributed by atoms with Crippen LogP contribution in [0.15, 0.2) is 5.51 Å². The van der Waals surface area contributed by atoms with Gasteiger partial charge < -0.3 is 5.11 Å². The van der Waals surface area contributed by atoms with Gasteiger partial charge in [-0.25, -0.2) is 4.98 Å². The Morgan fingerprint density at radius 2 is 2.45 bits per heavy atom. The van der Waals surface area contributed by atoms with E-state index in [4.69, 9.17) is 16.7 Å². The van der Waals surface area contributed by atoms with Crippen molar-refractivity contribution in [2.24, 2.45) is 0 Å². The average molecular weight is 214 g/mol. The minimum atomic E-state index is -0.779. The number of alkyl halides is 1. The number of thiazole rings is 1. The molecule has 1 unspecified atom stereocenters. The summed E-state index contributed by atoms with van der Waals surface area (Å²) in [5, 5.41) is 8.79. The molecule has 0 saturated carbocycles. The van der Waals surface area contributed by atoms with E-state index in [1.165, 1.54) is 11.3 Å². The molecule has 0 radical (unpaired) electrons. The van der Waals surface area contributed by atoms with Crippen LogP contribution in [0.25, 0.3) is 0 Å². The van der Waals surface area contributed by atoms with E-state index >= 15 is 0 Å². The van der Waals surface area contributed by atoms with Gasteiger partial charge in [0.2, 0.25) is 0 Å². The number of aromatic nitrogens is 1. The van der Waals surface area contributed by atoms with E-state index in [2.05, 4.69) is 4.98 Å². The van der Waals surface area contributed by atoms with E-state index in [1.807, 2.05) is 6.92 Å². The standard InChI is InChI=1S/C6H8ClNOS.ClH/c1-4-5(2-6(7)9)10-3-8-4;/h3,6,9H,2H2,1H3;1H. The third-order valence-electron chi connectivity index (χ3n) is 1.20. The monoisotopic (exact) mass is 213 g/mol. The minimum absolute atomic E-state index is 0. The van der Waals surface area contributed by atoms with E-state index in [0.29, 0.717) is 6.42 Å². The van der Waals surface area contributed by atoms with Crippen LogP contribution >= 0.6 is 35.3 Å². The second-order valence-corrected chi connectivity index (χ2v) is 3.44. The molecular formula is C6H9Cl2NOS. The summed E-state index contributed by atoms with van der Waals surface area (Å²) in [4.78, 5) is 5.08. The van der Waals surface area contributed by atoms with Crippen LogP contribution in [0.2, 0.25) is 0 Å². The van der Waals surface area contributed by atoms with Gasteiger partial charge in [-0.1, -0.05) is 11.6 Å². The van der Waals surface area contributed by atoms with Gasteiger partial charge in [-0.05, 0) is 6.92 Å². The van der Waals surface area contributed by atoms with Gasteiger partial charge in [0.15, 0.2) is 0 Å². The Morgan fingerprint density at radius 3 is 2.82 bits per heavy atom. The third-order valence-corrected chi connectivity index (χ3v) is 2.31. The summed E-state index contributed by atoms with van der Waals surface area (Å²) in [6.45, 7) is 1.91. The predicted molar refractivity (Wildman–Crippen MR) is 49.7 cm³/mol. The van der Waals surface area contributed by atoms with Gasteiger partial charge in [-0.15, -0.1) is 23.7 Å². The zero-order valence-electron chi connectivity index (χ0n) is 5.95. The molecule has 1 aromatic heterocycles. The third kappa shape index (κ3) is 3.38. The van der Waals surface area contributed by atoms with Crippen LogP contribution in [0.3, 0.4) is 0 Å². The van der Waals surface area contributed by atoms with Crippen molar-refractivity contribution in [2.45, 2.75) is 18.9 Å². The van der Waals surface area contributed by atoms with E-state index in [1.54, 1.807) is 5.51 Å². The largest absolute Gasteiger partial charge is 0.377 e. The maximum atomic E-state index is 8.79. The average Bonchev–Trinajstić information content (AvgIpc) is 2.15. The lowest BCUT2D eigenvalue weighted by Crippen LogP contribution is -1.99. The molecule has 0 amide bonds. The maximum absolute atomic E-state index is 8.79. The quantitative estimate of drug-likeness (QED) is 0.763. The number of nitrogens with zero attached hydrogens (tertiary/aromatic N) is 1. The Hall–Kier alpha value is 0.170. The Balaban J connectivity index is 0.000001000. The Kier molecular flexibility index (Phi) is 5.01. The first-order valence-electron chi connectivity index (χ1n) is 2.91. The lowest BCUT2D eigenvalue weighted by molar-refractivity contribution is 0.258. The topological polar surface area (TPSA) is 33.1 Å². The first kappa shape index (κ1) is 11.2. The van der Waals surface area contributed by atoms with Crippen LogP contribution in [-0.4, -0.2) is 15.7 Å². The summed E-state index contributed by atoms with van der Waals surface area (Å²) in [6, 6.07) is 0. The van der Waals surface area contributed by atoms with Gasteiger partial charge in [0.25, 0.3) is 0 Å². The number of hydrogen-bond donors (Lipinski definition) is 1. The molecule has 1 rings (SSSR count). The molecule has 0 aromatic carbocycles. The highest BCUT2D eigenvalue weighted by Crippen LogP contribution is 2.15. The molecule has 0 aliphatic carbocycles. The maximum Gasteiger partial charge on any atom is 0.132 e. The molecule has 0 fully saturated rings. The summed E-state index contributed by atoms with van der Waals surface area (Å²) < 4.78 is 0. The molecule has 2 nitrogen and oxygen atoms in total. The fourth-order valence-electron chi connectivity index (χ4n) is 0.675. The lowest BCUT2D eigenvalue weighted by atomic mass is 10.3. The number of aryl methyl sites for hydroxylation is 1. The summed E-state index contributed by atoms with van der Waals surface area (Å²) in [5.41, 5.74) is 1.94. The summed E-state index contributed by atoms with van der Waals surface area (Å²) >= 11 is 6.90. The second kappa shape index (κ2) is 4.93. The Bertz CT molecular complexity index is 214. The van der Waals surface area contributed by atoms with E-state index in [9.17, 15) is 0 Å². The molecule has 1 heterocycles. The highest BCUT2D eigenvalue weighted by atomic mass is 35.5. The smallest absolute Gasteiger partial charge is 0.132 e. The zero-order chi connectivity index (χ0) is 7.56. The van der Waals surface area contributed by atoms with Crippen molar-refractivity contribution in [1.29, 1.82) is 0 Å². The first-order valence-corrected chi connectivity index (χ1v) is 4.23. The Morgan fingerprint density at radius 1 is 1.82 bits per heavy atom. The van der Waals surface area contributed by atoms with Crippen molar-refractivity contribution in [3.63, 3.8) is 0 Å². The Labute approximate surface area is 80.6 Å². The number of hydrogen-bond acceptors (Lipinski definition) is 3. The SMILES string of the molecule is Cc1ncsc1CC(O)Cl.Cl. The lowest BCUT2D eigenvalue weighted by Gasteiger charge is -1.98. The highest BCUT2D eigenvalue weighted by molar-refractivity contribution is 7.09. The number of aliphatic hydroxyl groups is 1. The highest BCUT2D eigenvalue weighted by Gasteiger charge is 2.05. The van der Waals surface area contributed by atoms with E-state index in [-0.39, 0.29) is 12.4 Å². The van der Waals surface area contributed by atoms with Crippen LogP contribution in [-0.2, 0) is 6.42 Å². The first-order chi connectivity index (χ1) is 4.70. The van der Waals surface area contributed by atoms with Gasteiger partial charge in [0, 0.05) is 11.3 Å². The van der Waals surface area contributed by atoms with Gasteiger partial charge in [-0.3, -0.25) is 0 Å². The second-order valence-electron chi connectivity index (χ2n) is 2.00. The molecule has 5 heteroatoms. The normalized spacial score (nSPS) is 12.3. The minimum Gasteiger partial charge on any atom is -0.377 e. The van der Waals surface area contributed by atoms with Crippen LogP contribution < -0.4 is 0 Å². The molecule has 1 atom stereocenters. The molecular weight excluding hydrogens is 205 g/mol. The molecule has 0 spiro atoms. The van der Waals surface area contributed by atoms with Crippen molar-refractivity contribution in [2.75, 3.05) is 0 Å². The van der Waals surface area contributed by atoms with Crippen molar-refractivity contribution in [3.8, 4) is 0 Å². The zero-order valence-corrected chi connectivity index (χ0v) is 8.34. The van der Waals surface area contributed by atoms with E-state index in [0.717, 1.165) is 10.6 Å². The van der Waals surface area contributed by atoms with Crippen LogP contribution in [0.4, 0.5) is 0 Å². The van der Waals surface area contributed by atoms with Crippen molar-refractivity contribution < 1.29 is 5.11 Å². The van der Waals surface area contributed by atoms with Gasteiger partial charge >= 0.3 is 0 Å². The molecule has 0 aliphatic heterocycles. The molecule has 64 valence electrons. The number of rotatable bonds is 2. The molecule has 1 aromatic rings. The molecule has 1 N–H and O–H groups in total. The van der Waals surface area contributed by atoms with Crippen molar-refractivity contribution in [1.82, 2.24) is 4.98 Å². The number of halogens is 2. The molecule has 0 aliphatic rings. The molecule has 11 heavy (non-hydrogen) atoms. The molecule has 0 saturated heterocycles. The predicted octanol–water partition coefficient (Wildman–Crippen LogP) is 1.97. The number of aliphatic hydroxyl groups excluding tert-OH is 1. The fraction of sp³-hybridized carbons (Fsp3) is 0.500. The van der Waals surface area contributed by atoms with Gasteiger partial charge in [0.1, 0.15) is 5.56 Å². The fourth-order valence-corrected chi connectivity index (χ4v) is 1.74. The van der Waals surface area contributed by atoms with E-state index < -0.39 is 5.56 Å². The van der Waals surface area contributed by atoms with Crippen LogP contribution in [0.1, 0.15) is 10.6 Å². The summed E-state index contributed by atoms with van der Waals surface area (Å²) in [6.07, 6.45) is 0.498. The molecule has 0 bridgehead atoms. The van der Waals surface area contributed by atoms with Gasteiger partial charge in [-0.2, -0.15) is 0 Å². The van der Waals surface area contributed by atoms with Crippen LogP contribution in [0.5, 0.6) is 0 Å².